The van der Waals surface area contributed by atoms with Gasteiger partial charge in [0.2, 0.25) is 0 Å². The van der Waals surface area contributed by atoms with E-state index in [1.807, 2.05) is 10.7 Å². The molecule has 20 heavy (non-hydrogen) atoms. The van der Waals surface area contributed by atoms with Crippen LogP contribution in [0, 0.1) is 5.41 Å². The molecule has 0 bridgehead atoms. The van der Waals surface area contributed by atoms with Crippen LogP contribution in [-0.2, 0) is 0 Å². The van der Waals surface area contributed by atoms with Crippen LogP contribution in [0.4, 0.5) is 5.82 Å². The second kappa shape index (κ2) is 4.45. The fraction of sp³-hybridized carbons (Fsp3) is 0.600. The van der Waals surface area contributed by atoms with Crippen LogP contribution >= 0.6 is 0 Å². The van der Waals surface area contributed by atoms with Gasteiger partial charge in [0, 0.05) is 23.9 Å². The molecule has 2 heterocycles. The van der Waals surface area contributed by atoms with Crippen molar-refractivity contribution in [2.45, 2.75) is 52.2 Å². The highest BCUT2D eigenvalue weighted by Crippen LogP contribution is 2.42. The van der Waals surface area contributed by atoms with Gasteiger partial charge in [-0.15, -0.1) is 0 Å². The SMILES string of the molecule is CC(C)c1cc2c(NC3CC(O)C3(C)C)nccn2n1. The van der Waals surface area contributed by atoms with E-state index in [0.717, 1.165) is 23.4 Å². The summed E-state index contributed by atoms with van der Waals surface area (Å²) >= 11 is 0. The predicted molar refractivity (Wildman–Crippen MR) is 78.9 cm³/mol. The Morgan fingerprint density at radius 1 is 1.45 bits per heavy atom. The van der Waals surface area contributed by atoms with Crippen molar-refractivity contribution < 1.29 is 5.11 Å². The van der Waals surface area contributed by atoms with Crippen LogP contribution in [0.1, 0.15) is 45.7 Å². The fourth-order valence-corrected chi connectivity index (χ4v) is 2.65. The number of aliphatic hydroxyl groups is 1. The molecule has 2 N–H and O–H groups in total. The first-order valence-electron chi connectivity index (χ1n) is 7.18. The standard InChI is InChI=1S/C15H22N4O/c1-9(2)10-7-11-14(16-5-6-19(11)18-10)17-12-8-13(20)15(12,3)4/h5-7,9,12-13,20H,8H2,1-4H3,(H,16,17). The molecule has 2 atom stereocenters. The van der Waals surface area contributed by atoms with Crippen LogP contribution in [0.5, 0.6) is 0 Å². The molecule has 2 unspecified atom stereocenters. The number of aliphatic hydroxyl groups excluding tert-OH is 1. The Morgan fingerprint density at radius 3 is 2.80 bits per heavy atom. The lowest BCUT2D eigenvalue weighted by atomic mass is 9.64. The maximum absolute atomic E-state index is 9.84. The van der Waals surface area contributed by atoms with E-state index in [4.69, 9.17) is 0 Å². The van der Waals surface area contributed by atoms with Gasteiger partial charge in [0.05, 0.1) is 11.8 Å². The Hall–Kier alpha value is -1.62. The molecule has 3 rings (SSSR count). The molecule has 108 valence electrons. The van der Waals surface area contributed by atoms with Crippen molar-refractivity contribution in [2.75, 3.05) is 5.32 Å². The van der Waals surface area contributed by atoms with Crippen molar-refractivity contribution in [1.29, 1.82) is 0 Å². The summed E-state index contributed by atoms with van der Waals surface area (Å²) in [4.78, 5) is 4.44. The monoisotopic (exact) mass is 274 g/mol. The fourth-order valence-electron chi connectivity index (χ4n) is 2.65. The summed E-state index contributed by atoms with van der Waals surface area (Å²) < 4.78 is 1.87. The van der Waals surface area contributed by atoms with Crippen molar-refractivity contribution in [3.05, 3.63) is 24.2 Å². The number of aromatic nitrogens is 3. The Kier molecular flexibility index (Phi) is 2.97. The Bertz CT molecular complexity index is 632. The van der Waals surface area contributed by atoms with E-state index in [1.54, 1.807) is 6.20 Å². The molecule has 2 aromatic heterocycles. The molecule has 2 aromatic rings. The minimum Gasteiger partial charge on any atom is -0.392 e. The van der Waals surface area contributed by atoms with Crippen LogP contribution in [0.25, 0.3) is 5.52 Å². The van der Waals surface area contributed by atoms with Gasteiger partial charge in [-0.2, -0.15) is 5.10 Å². The summed E-state index contributed by atoms with van der Waals surface area (Å²) in [6.45, 7) is 8.42. The van der Waals surface area contributed by atoms with Gasteiger partial charge in [-0.1, -0.05) is 27.7 Å². The van der Waals surface area contributed by atoms with E-state index in [2.05, 4.69) is 49.2 Å². The zero-order chi connectivity index (χ0) is 14.5. The minimum absolute atomic E-state index is 0.116. The summed E-state index contributed by atoms with van der Waals surface area (Å²) in [6.07, 6.45) is 4.15. The molecule has 0 radical (unpaired) electrons. The maximum atomic E-state index is 9.84. The molecule has 0 saturated heterocycles. The van der Waals surface area contributed by atoms with E-state index in [0.29, 0.717) is 5.92 Å². The highest BCUT2D eigenvalue weighted by Gasteiger charge is 2.47. The van der Waals surface area contributed by atoms with E-state index in [-0.39, 0.29) is 17.6 Å². The van der Waals surface area contributed by atoms with Gasteiger partial charge in [-0.05, 0) is 18.4 Å². The number of nitrogens with zero attached hydrogens (tertiary/aromatic N) is 3. The summed E-state index contributed by atoms with van der Waals surface area (Å²) in [5.74, 6) is 1.24. The van der Waals surface area contributed by atoms with Crippen molar-refractivity contribution in [3.8, 4) is 0 Å². The van der Waals surface area contributed by atoms with E-state index < -0.39 is 0 Å². The zero-order valence-corrected chi connectivity index (χ0v) is 12.5. The third-order valence-electron chi connectivity index (χ3n) is 4.53. The van der Waals surface area contributed by atoms with E-state index >= 15 is 0 Å². The van der Waals surface area contributed by atoms with Gasteiger partial charge in [-0.25, -0.2) is 9.50 Å². The average molecular weight is 274 g/mol. The molecular formula is C15H22N4O. The average Bonchev–Trinajstić information content (AvgIpc) is 2.83. The molecule has 0 aromatic carbocycles. The lowest BCUT2D eigenvalue weighted by Gasteiger charge is -2.49. The minimum atomic E-state index is -0.240. The number of fused-ring (bicyclic) bond motifs is 1. The van der Waals surface area contributed by atoms with E-state index in [1.165, 1.54) is 0 Å². The number of hydrogen-bond donors (Lipinski definition) is 2. The molecule has 0 aliphatic heterocycles. The topological polar surface area (TPSA) is 62.5 Å². The first-order valence-corrected chi connectivity index (χ1v) is 7.18. The quantitative estimate of drug-likeness (QED) is 0.902. The van der Waals surface area contributed by atoms with Crippen molar-refractivity contribution in [1.82, 2.24) is 14.6 Å². The Balaban J connectivity index is 1.92. The lowest BCUT2D eigenvalue weighted by molar-refractivity contribution is -0.0511. The second-order valence-electron chi connectivity index (χ2n) is 6.60. The predicted octanol–water partition coefficient (Wildman–Crippen LogP) is 2.42. The van der Waals surface area contributed by atoms with Crippen LogP contribution in [0.2, 0.25) is 0 Å². The largest absolute Gasteiger partial charge is 0.392 e. The first kappa shape index (κ1) is 13.4. The molecule has 1 fully saturated rings. The molecule has 0 amide bonds. The highest BCUT2D eigenvalue weighted by atomic mass is 16.3. The van der Waals surface area contributed by atoms with Crippen molar-refractivity contribution in [2.24, 2.45) is 5.41 Å². The lowest BCUT2D eigenvalue weighted by Crippen LogP contribution is -2.57. The van der Waals surface area contributed by atoms with Gasteiger partial charge in [0.25, 0.3) is 0 Å². The van der Waals surface area contributed by atoms with Crippen LogP contribution in [0.15, 0.2) is 18.5 Å². The van der Waals surface area contributed by atoms with Crippen LogP contribution in [-0.4, -0.2) is 31.9 Å². The first-order chi connectivity index (χ1) is 9.39. The Morgan fingerprint density at radius 2 is 2.20 bits per heavy atom. The van der Waals surface area contributed by atoms with Gasteiger partial charge < -0.3 is 10.4 Å². The summed E-state index contributed by atoms with van der Waals surface area (Å²) in [6, 6.07) is 2.33. The number of rotatable bonds is 3. The third-order valence-corrected chi connectivity index (χ3v) is 4.53. The van der Waals surface area contributed by atoms with Crippen molar-refractivity contribution in [3.63, 3.8) is 0 Å². The van der Waals surface area contributed by atoms with Gasteiger partial charge >= 0.3 is 0 Å². The molecule has 0 spiro atoms. The normalized spacial score (nSPS) is 24.9. The third kappa shape index (κ3) is 1.97. The molecule has 1 aliphatic rings. The number of anilines is 1. The zero-order valence-electron chi connectivity index (χ0n) is 12.5. The van der Waals surface area contributed by atoms with E-state index in [9.17, 15) is 5.11 Å². The number of hydrogen-bond acceptors (Lipinski definition) is 4. The maximum Gasteiger partial charge on any atom is 0.152 e. The van der Waals surface area contributed by atoms with Gasteiger partial charge in [-0.3, -0.25) is 0 Å². The Labute approximate surface area is 119 Å². The summed E-state index contributed by atoms with van der Waals surface area (Å²) in [7, 11) is 0. The molecule has 5 heteroatoms. The summed E-state index contributed by atoms with van der Waals surface area (Å²) in [5, 5.41) is 17.9. The molecule has 5 nitrogen and oxygen atoms in total. The second-order valence-corrected chi connectivity index (χ2v) is 6.60. The molecule has 1 saturated carbocycles. The van der Waals surface area contributed by atoms with Crippen molar-refractivity contribution >= 4 is 11.3 Å². The highest BCUT2D eigenvalue weighted by molar-refractivity contribution is 5.68. The molecule has 1 aliphatic carbocycles. The summed E-state index contributed by atoms with van der Waals surface area (Å²) in [5.41, 5.74) is 1.94. The van der Waals surface area contributed by atoms with Gasteiger partial charge in [0.15, 0.2) is 5.82 Å². The number of nitrogens with one attached hydrogen (secondary N) is 1. The van der Waals surface area contributed by atoms with Crippen LogP contribution < -0.4 is 5.32 Å². The smallest absolute Gasteiger partial charge is 0.152 e. The van der Waals surface area contributed by atoms with Crippen LogP contribution in [0.3, 0.4) is 0 Å². The van der Waals surface area contributed by atoms with Gasteiger partial charge in [0.1, 0.15) is 5.52 Å². The molecular weight excluding hydrogens is 252 g/mol.